The highest BCUT2D eigenvalue weighted by atomic mass is 16.5. The Morgan fingerprint density at radius 1 is 1.04 bits per heavy atom. The highest BCUT2D eigenvalue weighted by molar-refractivity contribution is 6.06. The number of benzene rings is 2. The first-order chi connectivity index (χ1) is 12.7. The number of nitrogens with one attached hydrogen (secondary N) is 1. The van der Waals surface area contributed by atoms with Crippen LogP contribution in [-0.4, -0.2) is 50.6 Å². The third kappa shape index (κ3) is 4.42. The molecule has 0 saturated carbocycles. The number of likely N-dealkylation sites (N-methyl/N-ethyl adjacent to an activating group) is 1. The standard InChI is InChI=1S/C21H27N3O2/c1-3-23-12-14-24(15-13-23)20-7-5-4-6-19(20)22-21(25)18-10-8-17(9-11-18)16-26-2/h4-11H,3,12-16H2,1-2H3,(H,22,25). The average Bonchev–Trinajstić information content (AvgIpc) is 2.69. The van der Waals surface area contributed by atoms with Gasteiger partial charge in [-0.25, -0.2) is 0 Å². The minimum absolute atomic E-state index is 0.0892. The molecule has 1 saturated heterocycles. The molecule has 138 valence electrons. The zero-order chi connectivity index (χ0) is 18.4. The maximum atomic E-state index is 12.6. The van der Waals surface area contributed by atoms with Crippen LogP contribution in [0, 0.1) is 0 Å². The fourth-order valence-corrected chi connectivity index (χ4v) is 3.27. The van der Waals surface area contributed by atoms with Crippen LogP contribution in [0.2, 0.25) is 0 Å². The van der Waals surface area contributed by atoms with Crippen molar-refractivity contribution in [3.05, 3.63) is 59.7 Å². The van der Waals surface area contributed by atoms with Gasteiger partial charge in [0.2, 0.25) is 0 Å². The Morgan fingerprint density at radius 3 is 2.38 bits per heavy atom. The number of hydrogen-bond donors (Lipinski definition) is 1. The summed E-state index contributed by atoms with van der Waals surface area (Å²) in [5.41, 5.74) is 3.66. The molecule has 5 nitrogen and oxygen atoms in total. The number of ether oxygens (including phenoxy) is 1. The predicted molar refractivity (Wildman–Crippen MR) is 106 cm³/mol. The second kappa shape index (κ2) is 8.83. The Labute approximate surface area is 155 Å². The lowest BCUT2D eigenvalue weighted by molar-refractivity contribution is 0.102. The number of carbonyl (C=O) groups is 1. The lowest BCUT2D eigenvalue weighted by Crippen LogP contribution is -2.46. The van der Waals surface area contributed by atoms with E-state index in [1.165, 1.54) is 0 Å². The molecule has 26 heavy (non-hydrogen) atoms. The summed E-state index contributed by atoms with van der Waals surface area (Å²) in [4.78, 5) is 17.4. The molecule has 1 aliphatic heterocycles. The fourth-order valence-electron chi connectivity index (χ4n) is 3.27. The molecule has 2 aromatic rings. The number of carbonyl (C=O) groups excluding carboxylic acids is 1. The van der Waals surface area contributed by atoms with E-state index in [9.17, 15) is 4.79 Å². The van der Waals surface area contributed by atoms with Crippen LogP contribution in [0.1, 0.15) is 22.8 Å². The minimum atomic E-state index is -0.0892. The Balaban J connectivity index is 1.70. The van der Waals surface area contributed by atoms with Crippen molar-refractivity contribution < 1.29 is 9.53 Å². The summed E-state index contributed by atoms with van der Waals surface area (Å²) in [6.07, 6.45) is 0. The SMILES string of the molecule is CCN1CCN(c2ccccc2NC(=O)c2ccc(COC)cc2)CC1. The van der Waals surface area contributed by atoms with Gasteiger partial charge in [-0.3, -0.25) is 4.79 Å². The first-order valence-electron chi connectivity index (χ1n) is 9.17. The molecule has 0 aliphatic carbocycles. The summed E-state index contributed by atoms with van der Waals surface area (Å²) in [6.45, 7) is 7.90. The number of amides is 1. The van der Waals surface area contributed by atoms with E-state index in [0.717, 1.165) is 49.7 Å². The summed E-state index contributed by atoms with van der Waals surface area (Å²) < 4.78 is 5.11. The summed E-state index contributed by atoms with van der Waals surface area (Å²) in [5, 5.41) is 3.08. The molecule has 3 rings (SSSR count). The predicted octanol–water partition coefficient (Wildman–Crippen LogP) is 3.23. The van der Waals surface area contributed by atoms with E-state index in [1.54, 1.807) is 7.11 Å². The summed E-state index contributed by atoms with van der Waals surface area (Å²) in [7, 11) is 1.66. The van der Waals surface area contributed by atoms with Gasteiger partial charge in [0.15, 0.2) is 0 Å². The van der Waals surface area contributed by atoms with Crippen LogP contribution in [0.15, 0.2) is 48.5 Å². The average molecular weight is 353 g/mol. The van der Waals surface area contributed by atoms with Crippen molar-refractivity contribution in [3.8, 4) is 0 Å². The molecule has 0 unspecified atom stereocenters. The van der Waals surface area contributed by atoms with E-state index in [1.807, 2.05) is 42.5 Å². The lowest BCUT2D eigenvalue weighted by Gasteiger charge is -2.36. The molecule has 0 spiro atoms. The van der Waals surface area contributed by atoms with Crippen molar-refractivity contribution in [3.63, 3.8) is 0 Å². The summed E-state index contributed by atoms with van der Waals surface area (Å²) in [5.74, 6) is -0.0892. The van der Waals surface area contributed by atoms with Crippen LogP contribution < -0.4 is 10.2 Å². The van der Waals surface area contributed by atoms with Gasteiger partial charge in [-0.05, 0) is 36.4 Å². The van der Waals surface area contributed by atoms with Gasteiger partial charge in [0.05, 0.1) is 18.0 Å². The number of para-hydroxylation sites is 2. The van der Waals surface area contributed by atoms with E-state index in [4.69, 9.17) is 4.74 Å². The zero-order valence-electron chi connectivity index (χ0n) is 15.6. The van der Waals surface area contributed by atoms with Crippen molar-refractivity contribution >= 4 is 17.3 Å². The van der Waals surface area contributed by atoms with Gasteiger partial charge in [0.25, 0.3) is 5.91 Å². The molecule has 1 amide bonds. The first-order valence-corrected chi connectivity index (χ1v) is 9.17. The normalized spacial score (nSPS) is 15.1. The number of methoxy groups -OCH3 is 1. The van der Waals surface area contributed by atoms with Crippen LogP contribution in [0.25, 0.3) is 0 Å². The smallest absolute Gasteiger partial charge is 0.255 e. The molecular formula is C21H27N3O2. The van der Waals surface area contributed by atoms with Crippen molar-refractivity contribution in [1.82, 2.24) is 4.90 Å². The zero-order valence-corrected chi connectivity index (χ0v) is 15.6. The van der Waals surface area contributed by atoms with Gasteiger partial charge in [0, 0.05) is 38.9 Å². The van der Waals surface area contributed by atoms with E-state index >= 15 is 0 Å². The van der Waals surface area contributed by atoms with Gasteiger partial charge < -0.3 is 19.9 Å². The van der Waals surface area contributed by atoms with Crippen LogP contribution in [0.3, 0.4) is 0 Å². The molecule has 1 N–H and O–H groups in total. The van der Waals surface area contributed by atoms with Gasteiger partial charge in [-0.1, -0.05) is 31.2 Å². The van der Waals surface area contributed by atoms with Crippen LogP contribution in [-0.2, 0) is 11.3 Å². The molecule has 0 bridgehead atoms. The number of piperazine rings is 1. The summed E-state index contributed by atoms with van der Waals surface area (Å²) >= 11 is 0. The van der Waals surface area contributed by atoms with Gasteiger partial charge >= 0.3 is 0 Å². The van der Waals surface area contributed by atoms with Crippen LogP contribution in [0.5, 0.6) is 0 Å². The topological polar surface area (TPSA) is 44.8 Å². The van der Waals surface area contributed by atoms with Crippen molar-refractivity contribution in [2.24, 2.45) is 0 Å². The largest absolute Gasteiger partial charge is 0.380 e. The Morgan fingerprint density at radius 2 is 1.73 bits per heavy atom. The molecule has 0 atom stereocenters. The van der Waals surface area contributed by atoms with Crippen molar-refractivity contribution in [2.45, 2.75) is 13.5 Å². The molecule has 0 aromatic heterocycles. The number of nitrogens with zero attached hydrogens (tertiary/aromatic N) is 2. The Bertz CT molecular complexity index is 722. The maximum Gasteiger partial charge on any atom is 0.255 e. The molecule has 1 heterocycles. The first kappa shape index (κ1) is 18.4. The second-order valence-electron chi connectivity index (χ2n) is 6.52. The highest BCUT2D eigenvalue weighted by Gasteiger charge is 2.19. The second-order valence-corrected chi connectivity index (χ2v) is 6.52. The molecular weight excluding hydrogens is 326 g/mol. The van der Waals surface area contributed by atoms with Crippen molar-refractivity contribution in [1.29, 1.82) is 0 Å². The Kier molecular flexibility index (Phi) is 6.26. The summed E-state index contributed by atoms with van der Waals surface area (Å²) in [6, 6.07) is 15.6. The van der Waals surface area contributed by atoms with Gasteiger partial charge in [-0.15, -0.1) is 0 Å². The van der Waals surface area contributed by atoms with E-state index in [-0.39, 0.29) is 5.91 Å². The molecule has 1 aliphatic rings. The molecule has 2 aromatic carbocycles. The molecule has 5 heteroatoms. The third-order valence-corrected chi connectivity index (χ3v) is 4.84. The van der Waals surface area contributed by atoms with E-state index < -0.39 is 0 Å². The molecule has 1 fully saturated rings. The van der Waals surface area contributed by atoms with Crippen LogP contribution in [0.4, 0.5) is 11.4 Å². The van der Waals surface area contributed by atoms with Crippen molar-refractivity contribution in [2.75, 3.05) is 50.1 Å². The van der Waals surface area contributed by atoms with E-state index in [2.05, 4.69) is 28.1 Å². The van der Waals surface area contributed by atoms with Crippen LogP contribution >= 0.6 is 0 Å². The fraction of sp³-hybridized carbons (Fsp3) is 0.381. The van der Waals surface area contributed by atoms with Gasteiger partial charge in [-0.2, -0.15) is 0 Å². The van der Waals surface area contributed by atoms with Gasteiger partial charge in [0.1, 0.15) is 0 Å². The number of hydrogen-bond acceptors (Lipinski definition) is 4. The lowest BCUT2D eigenvalue weighted by atomic mass is 10.1. The molecule has 0 radical (unpaired) electrons. The monoisotopic (exact) mass is 353 g/mol. The minimum Gasteiger partial charge on any atom is -0.380 e. The third-order valence-electron chi connectivity index (χ3n) is 4.84. The Hall–Kier alpha value is -2.37. The number of anilines is 2. The van der Waals surface area contributed by atoms with E-state index in [0.29, 0.717) is 12.2 Å². The number of rotatable bonds is 6. The maximum absolute atomic E-state index is 12.6. The highest BCUT2D eigenvalue weighted by Crippen LogP contribution is 2.27. The quantitative estimate of drug-likeness (QED) is 0.866.